The van der Waals surface area contributed by atoms with Gasteiger partial charge >= 0.3 is 0 Å². The van der Waals surface area contributed by atoms with Crippen molar-refractivity contribution in [3.8, 4) is 0 Å². The largest absolute Gasteiger partial charge is 0.339 e. The first-order valence-corrected chi connectivity index (χ1v) is 9.06. The van der Waals surface area contributed by atoms with Crippen LogP contribution in [0, 0.1) is 11.8 Å². The van der Waals surface area contributed by atoms with E-state index >= 15 is 0 Å². The zero-order chi connectivity index (χ0) is 17.4. The van der Waals surface area contributed by atoms with Crippen LogP contribution in [0.2, 0.25) is 0 Å². The fourth-order valence-electron chi connectivity index (χ4n) is 3.72. The van der Waals surface area contributed by atoms with Crippen LogP contribution >= 0.6 is 0 Å². The second-order valence-corrected chi connectivity index (χ2v) is 7.17. The molecule has 6 nitrogen and oxygen atoms in total. The van der Waals surface area contributed by atoms with Gasteiger partial charge in [-0.2, -0.15) is 0 Å². The van der Waals surface area contributed by atoms with Gasteiger partial charge in [0.1, 0.15) is 0 Å². The molecule has 6 heteroatoms. The van der Waals surface area contributed by atoms with Crippen molar-refractivity contribution in [2.45, 2.75) is 19.3 Å². The van der Waals surface area contributed by atoms with Gasteiger partial charge in [-0.1, -0.05) is 18.2 Å². The van der Waals surface area contributed by atoms with E-state index in [0.717, 1.165) is 18.5 Å². The molecule has 2 saturated heterocycles. The Hall–Kier alpha value is -2.37. The Labute approximate surface area is 147 Å². The molecule has 25 heavy (non-hydrogen) atoms. The Morgan fingerprint density at radius 3 is 1.96 bits per heavy atom. The van der Waals surface area contributed by atoms with Crippen LogP contribution in [0.3, 0.4) is 0 Å². The fourth-order valence-corrected chi connectivity index (χ4v) is 3.72. The number of benzene rings is 1. The van der Waals surface area contributed by atoms with E-state index in [4.69, 9.17) is 0 Å². The zero-order valence-electron chi connectivity index (χ0n) is 14.3. The van der Waals surface area contributed by atoms with Crippen LogP contribution in [0.4, 0.5) is 5.69 Å². The molecule has 0 spiro atoms. The summed E-state index contributed by atoms with van der Waals surface area (Å²) < 4.78 is 0. The number of amides is 3. The third-order valence-corrected chi connectivity index (χ3v) is 5.37. The van der Waals surface area contributed by atoms with Gasteiger partial charge in [0.05, 0.1) is 5.92 Å². The lowest BCUT2D eigenvalue weighted by Gasteiger charge is -2.36. The lowest BCUT2D eigenvalue weighted by Crippen LogP contribution is -2.52. The van der Waals surface area contributed by atoms with E-state index in [0.29, 0.717) is 32.7 Å². The normalized spacial score (nSPS) is 23.9. The highest BCUT2D eigenvalue weighted by atomic mass is 16.2. The number of para-hydroxylation sites is 1. The Morgan fingerprint density at radius 1 is 0.840 bits per heavy atom. The van der Waals surface area contributed by atoms with Crippen LogP contribution in [0.5, 0.6) is 0 Å². The summed E-state index contributed by atoms with van der Waals surface area (Å²) in [7, 11) is 0. The Morgan fingerprint density at radius 2 is 1.40 bits per heavy atom. The first-order chi connectivity index (χ1) is 12.1. The molecular weight excluding hydrogens is 318 g/mol. The van der Waals surface area contributed by atoms with E-state index in [1.807, 2.05) is 40.1 Å². The number of carbonyl (C=O) groups excluding carboxylic acids is 3. The van der Waals surface area contributed by atoms with Crippen molar-refractivity contribution in [2.75, 3.05) is 37.6 Å². The van der Waals surface area contributed by atoms with Crippen LogP contribution < -0.4 is 4.90 Å². The molecule has 3 aliphatic rings. The first kappa shape index (κ1) is 16.1. The predicted octanol–water partition coefficient (Wildman–Crippen LogP) is 1.12. The molecule has 132 valence electrons. The van der Waals surface area contributed by atoms with Crippen LogP contribution in [-0.2, 0) is 14.4 Å². The number of rotatable bonds is 3. The molecule has 2 aliphatic heterocycles. The minimum Gasteiger partial charge on any atom is -0.339 e. The van der Waals surface area contributed by atoms with Gasteiger partial charge in [0.15, 0.2) is 0 Å². The number of hydrogen-bond donors (Lipinski definition) is 0. The van der Waals surface area contributed by atoms with E-state index in [-0.39, 0.29) is 36.0 Å². The molecule has 1 aromatic carbocycles. The van der Waals surface area contributed by atoms with Crippen LogP contribution in [-0.4, -0.2) is 60.2 Å². The van der Waals surface area contributed by atoms with Gasteiger partial charge in [0.25, 0.3) is 0 Å². The van der Waals surface area contributed by atoms with Crippen molar-refractivity contribution in [3.63, 3.8) is 0 Å². The summed E-state index contributed by atoms with van der Waals surface area (Å²) in [5.74, 6) is 0.253. The highest BCUT2D eigenvalue weighted by Gasteiger charge is 2.39. The van der Waals surface area contributed by atoms with Crippen molar-refractivity contribution in [3.05, 3.63) is 30.3 Å². The molecule has 0 unspecified atom stereocenters. The summed E-state index contributed by atoms with van der Waals surface area (Å²) in [6.45, 7) is 2.83. The molecule has 3 amide bonds. The molecule has 3 fully saturated rings. The summed E-state index contributed by atoms with van der Waals surface area (Å²) in [4.78, 5) is 42.6. The van der Waals surface area contributed by atoms with E-state index in [1.165, 1.54) is 0 Å². The van der Waals surface area contributed by atoms with Gasteiger partial charge in [0, 0.05) is 50.7 Å². The number of carbonyl (C=O) groups is 3. The number of nitrogens with zero attached hydrogens (tertiary/aromatic N) is 3. The lowest BCUT2D eigenvalue weighted by molar-refractivity contribution is -0.142. The molecule has 4 rings (SSSR count). The van der Waals surface area contributed by atoms with Crippen LogP contribution in [0.25, 0.3) is 0 Å². The maximum absolute atomic E-state index is 12.8. The topological polar surface area (TPSA) is 60.9 Å². The van der Waals surface area contributed by atoms with Crippen molar-refractivity contribution >= 4 is 23.4 Å². The molecule has 1 saturated carbocycles. The second-order valence-electron chi connectivity index (χ2n) is 7.17. The van der Waals surface area contributed by atoms with Gasteiger partial charge in [-0.25, -0.2) is 0 Å². The zero-order valence-corrected chi connectivity index (χ0v) is 14.3. The van der Waals surface area contributed by atoms with Crippen LogP contribution in [0.1, 0.15) is 19.3 Å². The molecule has 2 heterocycles. The van der Waals surface area contributed by atoms with Gasteiger partial charge < -0.3 is 14.7 Å². The highest BCUT2D eigenvalue weighted by Crippen LogP contribution is 2.31. The quantitative estimate of drug-likeness (QED) is 0.828. The maximum Gasteiger partial charge on any atom is 0.228 e. The number of hydrogen-bond acceptors (Lipinski definition) is 3. The summed E-state index contributed by atoms with van der Waals surface area (Å²) >= 11 is 0. The molecule has 1 aromatic rings. The van der Waals surface area contributed by atoms with E-state index in [9.17, 15) is 14.4 Å². The standard InChI is InChI=1S/C19H23N3O3/c23-17-12-15(13-22(17)16-4-2-1-3-5-16)19(25)21-10-8-20(9-11-21)18(24)14-6-7-14/h1-5,14-15H,6-13H2/t15-/m1/s1. The first-order valence-electron chi connectivity index (χ1n) is 9.06. The van der Waals surface area contributed by atoms with Crippen molar-refractivity contribution in [1.82, 2.24) is 9.80 Å². The van der Waals surface area contributed by atoms with Gasteiger partial charge in [-0.05, 0) is 25.0 Å². The molecular formula is C19H23N3O3. The van der Waals surface area contributed by atoms with E-state index in [1.54, 1.807) is 4.90 Å². The van der Waals surface area contributed by atoms with Crippen molar-refractivity contribution in [2.24, 2.45) is 11.8 Å². The number of piperazine rings is 1. The van der Waals surface area contributed by atoms with E-state index < -0.39 is 0 Å². The van der Waals surface area contributed by atoms with Crippen LogP contribution in [0.15, 0.2) is 30.3 Å². The molecule has 1 aliphatic carbocycles. The minimum absolute atomic E-state index is 0.00657. The third kappa shape index (κ3) is 3.25. The molecule has 0 aromatic heterocycles. The summed E-state index contributed by atoms with van der Waals surface area (Å²) in [5.41, 5.74) is 0.850. The Bertz CT molecular complexity index is 678. The van der Waals surface area contributed by atoms with Gasteiger partial charge in [0.2, 0.25) is 17.7 Å². The summed E-state index contributed by atoms with van der Waals surface area (Å²) in [6, 6.07) is 9.50. The molecule has 0 bridgehead atoms. The average Bonchev–Trinajstić information content (AvgIpc) is 3.43. The Balaban J connectivity index is 1.34. The molecule has 0 N–H and O–H groups in total. The smallest absolute Gasteiger partial charge is 0.228 e. The lowest BCUT2D eigenvalue weighted by atomic mass is 10.1. The monoisotopic (exact) mass is 341 g/mol. The fraction of sp³-hybridized carbons (Fsp3) is 0.526. The van der Waals surface area contributed by atoms with Crippen molar-refractivity contribution < 1.29 is 14.4 Å². The molecule has 1 atom stereocenters. The maximum atomic E-state index is 12.8. The highest BCUT2D eigenvalue weighted by molar-refractivity contribution is 6.00. The molecule has 0 radical (unpaired) electrons. The second kappa shape index (κ2) is 6.50. The minimum atomic E-state index is -0.279. The average molecular weight is 341 g/mol. The predicted molar refractivity (Wildman–Crippen MR) is 92.8 cm³/mol. The third-order valence-electron chi connectivity index (χ3n) is 5.37. The number of anilines is 1. The van der Waals surface area contributed by atoms with E-state index in [2.05, 4.69) is 0 Å². The van der Waals surface area contributed by atoms with Crippen molar-refractivity contribution in [1.29, 1.82) is 0 Å². The summed E-state index contributed by atoms with van der Waals surface area (Å²) in [6.07, 6.45) is 2.30. The van der Waals surface area contributed by atoms with Gasteiger partial charge in [-0.15, -0.1) is 0 Å². The Kier molecular flexibility index (Phi) is 4.19. The SMILES string of the molecule is O=C(C1CC1)N1CCN(C(=O)[C@@H]2CC(=O)N(c3ccccc3)C2)CC1. The summed E-state index contributed by atoms with van der Waals surface area (Å²) in [5, 5.41) is 0. The van der Waals surface area contributed by atoms with Gasteiger partial charge in [-0.3, -0.25) is 14.4 Å².